The molecule has 0 aliphatic carbocycles. The predicted octanol–water partition coefficient (Wildman–Crippen LogP) is 3.84. The lowest BCUT2D eigenvalue weighted by Crippen LogP contribution is -2.31. The summed E-state index contributed by atoms with van der Waals surface area (Å²) < 4.78 is 7.70. The number of imidazole rings is 1. The average molecular weight is 365 g/mol. The highest BCUT2D eigenvalue weighted by molar-refractivity contribution is 5.78. The summed E-state index contributed by atoms with van der Waals surface area (Å²) in [5.74, 6) is 1.52. The fourth-order valence-electron chi connectivity index (χ4n) is 3.04. The molecule has 0 saturated carbocycles. The van der Waals surface area contributed by atoms with Gasteiger partial charge >= 0.3 is 0 Å². The number of carbonyl (C=O) groups is 1. The molecule has 0 bridgehead atoms. The second-order valence-corrected chi connectivity index (χ2v) is 7.71. The van der Waals surface area contributed by atoms with Gasteiger partial charge in [0, 0.05) is 13.1 Å². The van der Waals surface area contributed by atoms with E-state index >= 15 is 0 Å². The SMILES string of the molecule is Cc1nc2ccccc2n1CCNC(=O)COc1ccc(C(C)(C)C)cc1. The van der Waals surface area contributed by atoms with E-state index in [1.165, 1.54) is 5.56 Å². The fraction of sp³-hybridized carbons (Fsp3) is 0.364. The van der Waals surface area contributed by atoms with Crippen molar-refractivity contribution < 1.29 is 9.53 Å². The molecule has 27 heavy (non-hydrogen) atoms. The highest BCUT2D eigenvalue weighted by atomic mass is 16.5. The largest absolute Gasteiger partial charge is 0.484 e. The molecule has 0 radical (unpaired) electrons. The Morgan fingerprint density at radius 2 is 1.81 bits per heavy atom. The third kappa shape index (κ3) is 4.67. The van der Waals surface area contributed by atoms with Gasteiger partial charge in [-0.05, 0) is 42.2 Å². The first kappa shape index (κ1) is 19.0. The van der Waals surface area contributed by atoms with Crippen LogP contribution in [-0.2, 0) is 16.8 Å². The van der Waals surface area contributed by atoms with Crippen LogP contribution in [0.4, 0.5) is 0 Å². The molecule has 0 saturated heterocycles. The number of aromatic nitrogens is 2. The molecule has 0 aliphatic heterocycles. The number of ether oxygens (including phenoxy) is 1. The summed E-state index contributed by atoms with van der Waals surface area (Å²) in [6.07, 6.45) is 0. The summed E-state index contributed by atoms with van der Waals surface area (Å²) in [6, 6.07) is 15.9. The number of para-hydroxylation sites is 2. The van der Waals surface area contributed by atoms with Gasteiger partial charge in [0.05, 0.1) is 11.0 Å². The molecule has 0 unspecified atom stereocenters. The lowest BCUT2D eigenvalue weighted by atomic mass is 9.87. The van der Waals surface area contributed by atoms with Gasteiger partial charge in [-0.1, -0.05) is 45.0 Å². The Morgan fingerprint density at radius 1 is 1.11 bits per heavy atom. The lowest BCUT2D eigenvalue weighted by molar-refractivity contribution is -0.123. The van der Waals surface area contributed by atoms with Gasteiger partial charge in [0.25, 0.3) is 5.91 Å². The summed E-state index contributed by atoms with van der Waals surface area (Å²) >= 11 is 0. The van der Waals surface area contributed by atoms with E-state index in [0.29, 0.717) is 18.8 Å². The molecule has 3 rings (SSSR count). The Kier molecular flexibility index (Phi) is 5.49. The van der Waals surface area contributed by atoms with Crippen LogP contribution in [-0.4, -0.2) is 28.6 Å². The zero-order valence-corrected chi connectivity index (χ0v) is 16.5. The van der Waals surface area contributed by atoms with E-state index in [2.05, 4.69) is 35.6 Å². The van der Waals surface area contributed by atoms with Crippen molar-refractivity contribution in [1.82, 2.24) is 14.9 Å². The molecule has 5 nitrogen and oxygen atoms in total. The van der Waals surface area contributed by atoms with Gasteiger partial charge in [-0.15, -0.1) is 0 Å². The maximum Gasteiger partial charge on any atom is 0.258 e. The summed E-state index contributed by atoms with van der Waals surface area (Å²) in [7, 11) is 0. The van der Waals surface area contributed by atoms with Crippen molar-refractivity contribution in [2.24, 2.45) is 0 Å². The molecule has 0 aliphatic rings. The van der Waals surface area contributed by atoms with Crippen LogP contribution in [0.25, 0.3) is 11.0 Å². The van der Waals surface area contributed by atoms with Gasteiger partial charge in [0.1, 0.15) is 11.6 Å². The molecule has 0 spiro atoms. The van der Waals surface area contributed by atoms with Crippen molar-refractivity contribution in [1.29, 1.82) is 0 Å². The Bertz CT molecular complexity index is 921. The normalized spacial score (nSPS) is 11.6. The molecular formula is C22H27N3O2. The smallest absolute Gasteiger partial charge is 0.258 e. The van der Waals surface area contributed by atoms with Crippen LogP contribution in [0.1, 0.15) is 32.2 Å². The molecule has 1 aromatic heterocycles. The zero-order valence-electron chi connectivity index (χ0n) is 16.5. The standard InChI is InChI=1S/C22H27N3O2/c1-16-24-19-7-5-6-8-20(19)25(16)14-13-23-21(26)15-27-18-11-9-17(10-12-18)22(2,3)4/h5-12H,13-15H2,1-4H3,(H,23,26). The van der Waals surface area contributed by atoms with Gasteiger partial charge in [-0.25, -0.2) is 4.98 Å². The second kappa shape index (κ2) is 7.82. The van der Waals surface area contributed by atoms with Crippen LogP contribution in [0.5, 0.6) is 5.75 Å². The highest BCUT2D eigenvalue weighted by Crippen LogP contribution is 2.24. The van der Waals surface area contributed by atoms with E-state index in [-0.39, 0.29) is 17.9 Å². The Balaban J connectivity index is 1.48. The molecule has 142 valence electrons. The topological polar surface area (TPSA) is 56.2 Å². The van der Waals surface area contributed by atoms with E-state index in [4.69, 9.17) is 4.74 Å². The first-order valence-electron chi connectivity index (χ1n) is 9.26. The summed E-state index contributed by atoms with van der Waals surface area (Å²) in [5, 5.41) is 2.91. The number of nitrogens with zero attached hydrogens (tertiary/aromatic N) is 2. The maximum absolute atomic E-state index is 12.1. The van der Waals surface area contributed by atoms with Crippen molar-refractivity contribution >= 4 is 16.9 Å². The first-order chi connectivity index (χ1) is 12.8. The van der Waals surface area contributed by atoms with Crippen LogP contribution in [0, 0.1) is 6.92 Å². The Morgan fingerprint density at radius 3 is 2.52 bits per heavy atom. The van der Waals surface area contributed by atoms with E-state index in [1.54, 1.807) is 0 Å². The minimum absolute atomic E-state index is 0.0124. The van der Waals surface area contributed by atoms with Crippen molar-refractivity contribution in [3.63, 3.8) is 0 Å². The van der Waals surface area contributed by atoms with Crippen LogP contribution in [0.15, 0.2) is 48.5 Å². The number of nitrogens with one attached hydrogen (secondary N) is 1. The van der Waals surface area contributed by atoms with Crippen LogP contribution >= 0.6 is 0 Å². The van der Waals surface area contributed by atoms with Gasteiger partial charge in [0.2, 0.25) is 0 Å². The Labute approximate surface area is 160 Å². The van der Waals surface area contributed by atoms with Gasteiger partial charge in [0.15, 0.2) is 6.61 Å². The average Bonchev–Trinajstić information content (AvgIpc) is 2.95. The number of carbonyl (C=O) groups excluding carboxylic acids is 1. The number of hydrogen-bond donors (Lipinski definition) is 1. The van der Waals surface area contributed by atoms with E-state index in [1.807, 2.05) is 55.5 Å². The van der Waals surface area contributed by atoms with Crippen molar-refractivity contribution in [2.75, 3.05) is 13.2 Å². The van der Waals surface area contributed by atoms with Crippen molar-refractivity contribution in [2.45, 2.75) is 39.7 Å². The molecule has 2 aromatic carbocycles. The molecule has 3 aromatic rings. The summed E-state index contributed by atoms with van der Waals surface area (Å²) in [4.78, 5) is 16.6. The summed E-state index contributed by atoms with van der Waals surface area (Å²) in [5.41, 5.74) is 3.40. The minimum Gasteiger partial charge on any atom is -0.484 e. The van der Waals surface area contributed by atoms with Crippen molar-refractivity contribution in [3.05, 3.63) is 59.9 Å². The highest BCUT2D eigenvalue weighted by Gasteiger charge is 2.13. The van der Waals surface area contributed by atoms with E-state index in [0.717, 1.165) is 16.9 Å². The number of benzene rings is 2. The molecule has 0 fully saturated rings. The number of hydrogen-bond acceptors (Lipinski definition) is 3. The first-order valence-corrected chi connectivity index (χ1v) is 9.26. The van der Waals surface area contributed by atoms with Crippen LogP contribution in [0.2, 0.25) is 0 Å². The number of rotatable bonds is 6. The predicted molar refractivity (Wildman–Crippen MR) is 108 cm³/mol. The van der Waals surface area contributed by atoms with Crippen LogP contribution < -0.4 is 10.1 Å². The van der Waals surface area contributed by atoms with E-state index in [9.17, 15) is 4.79 Å². The van der Waals surface area contributed by atoms with Gasteiger partial charge < -0.3 is 14.6 Å². The Hall–Kier alpha value is -2.82. The number of amides is 1. The van der Waals surface area contributed by atoms with Crippen molar-refractivity contribution in [3.8, 4) is 5.75 Å². The molecule has 1 N–H and O–H groups in total. The monoisotopic (exact) mass is 365 g/mol. The molecular weight excluding hydrogens is 338 g/mol. The number of fused-ring (bicyclic) bond motifs is 1. The van der Waals surface area contributed by atoms with Crippen LogP contribution in [0.3, 0.4) is 0 Å². The second-order valence-electron chi connectivity index (χ2n) is 7.71. The third-order valence-corrected chi connectivity index (χ3v) is 4.59. The maximum atomic E-state index is 12.1. The van der Waals surface area contributed by atoms with Gasteiger partial charge in [-0.3, -0.25) is 4.79 Å². The fourth-order valence-corrected chi connectivity index (χ4v) is 3.04. The molecule has 5 heteroatoms. The molecule has 1 heterocycles. The lowest BCUT2D eigenvalue weighted by Gasteiger charge is -2.19. The third-order valence-electron chi connectivity index (χ3n) is 4.59. The molecule has 1 amide bonds. The quantitative estimate of drug-likeness (QED) is 0.722. The molecule has 0 atom stereocenters. The van der Waals surface area contributed by atoms with E-state index < -0.39 is 0 Å². The number of aryl methyl sites for hydroxylation is 1. The minimum atomic E-state index is -0.128. The zero-order chi connectivity index (χ0) is 19.4. The summed E-state index contributed by atoms with van der Waals surface area (Å²) in [6.45, 7) is 9.71. The van der Waals surface area contributed by atoms with Gasteiger partial charge in [-0.2, -0.15) is 0 Å².